The normalized spacial score (nSPS) is 22.1. The molecule has 1 aromatic heterocycles. The fraction of sp³-hybridized carbons (Fsp3) is 0.455. The Morgan fingerprint density at radius 1 is 1.29 bits per heavy atom. The van der Waals surface area contributed by atoms with Gasteiger partial charge in [-0.3, -0.25) is 9.69 Å². The highest BCUT2D eigenvalue weighted by Crippen LogP contribution is 2.24. The molecule has 0 spiro atoms. The lowest BCUT2D eigenvalue weighted by atomic mass is 10.0. The number of primary amides is 1. The summed E-state index contributed by atoms with van der Waals surface area (Å²) in [5, 5.41) is 9.42. The van der Waals surface area contributed by atoms with Crippen LogP contribution in [0.4, 0.5) is 21.6 Å². The average molecular weight is 429 g/mol. The van der Waals surface area contributed by atoms with E-state index in [4.69, 9.17) is 10.5 Å². The van der Waals surface area contributed by atoms with Gasteiger partial charge < -0.3 is 26.4 Å². The Morgan fingerprint density at radius 2 is 2.06 bits per heavy atom. The van der Waals surface area contributed by atoms with Gasteiger partial charge in [0.05, 0.1) is 30.5 Å². The van der Waals surface area contributed by atoms with Gasteiger partial charge in [-0.05, 0) is 30.7 Å². The SMILES string of the molecule is NC(=O)c1cnc(Nc2ccc(CN3CCOCC3)cc2)cc1N[C@@H]1CCNC[C@@H]1F. The molecule has 2 aromatic rings. The first kappa shape index (κ1) is 21.5. The van der Waals surface area contributed by atoms with E-state index in [9.17, 15) is 9.18 Å². The zero-order valence-electron chi connectivity index (χ0n) is 17.4. The number of pyridine rings is 1. The van der Waals surface area contributed by atoms with Gasteiger partial charge in [0.25, 0.3) is 5.91 Å². The number of carbonyl (C=O) groups excluding carboxylic acids is 1. The molecule has 166 valence electrons. The van der Waals surface area contributed by atoms with Gasteiger partial charge in [0.1, 0.15) is 12.0 Å². The average Bonchev–Trinajstić information content (AvgIpc) is 2.77. The topological polar surface area (TPSA) is 105 Å². The monoisotopic (exact) mass is 428 g/mol. The number of hydrogen-bond donors (Lipinski definition) is 4. The number of benzene rings is 1. The zero-order chi connectivity index (χ0) is 21.6. The van der Waals surface area contributed by atoms with Crippen LogP contribution in [0.15, 0.2) is 36.5 Å². The van der Waals surface area contributed by atoms with Crippen molar-refractivity contribution >= 4 is 23.1 Å². The van der Waals surface area contributed by atoms with Gasteiger partial charge in [0.2, 0.25) is 0 Å². The first-order valence-electron chi connectivity index (χ1n) is 10.7. The summed E-state index contributed by atoms with van der Waals surface area (Å²) in [6.07, 6.45) is 1.00. The third-order valence-electron chi connectivity index (χ3n) is 5.65. The molecule has 2 aliphatic heterocycles. The maximum atomic E-state index is 14.2. The molecule has 0 unspecified atom stereocenters. The molecule has 2 aliphatic rings. The van der Waals surface area contributed by atoms with Crippen LogP contribution >= 0.6 is 0 Å². The van der Waals surface area contributed by atoms with Gasteiger partial charge in [0.15, 0.2) is 0 Å². The van der Waals surface area contributed by atoms with Crippen LogP contribution < -0.4 is 21.7 Å². The van der Waals surface area contributed by atoms with Crippen molar-refractivity contribution in [1.82, 2.24) is 15.2 Å². The molecule has 0 radical (unpaired) electrons. The Labute approximate surface area is 181 Å². The Balaban J connectivity index is 1.44. The van der Waals surface area contributed by atoms with E-state index in [0.29, 0.717) is 17.9 Å². The smallest absolute Gasteiger partial charge is 0.252 e. The van der Waals surface area contributed by atoms with Gasteiger partial charge in [-0.2, -0.15) is 0 Å². The summed E-state index contributed by atoms with van der Waals surface area (Å²) in [4.78, 5) is 18.5. The number of nitrogens with one attached hydrogen (secondary N) is 3. The van der Waals surface area contributed by atoms with Crippen LogP contribution in [-0.2, 0) is 11.3 Å². The predicted molar refractivity (Wildman–Crippen MR) is 118 cm³/mol. The van der Waals surface area contributed by atoms with Crippen molar-refractivity contribution in [1.29, 1.82) is 0 Å². The summed E-state index contributed by atoms with van der Waals surface area (Å²) in [6.45, 7) is 5.36. The largest absolute Gasteiger partial charge is 0.379 e. The molecular weight excluding hydrogens is 399 g/mol. The second kappa shape index (κ2) is 10.0. The number of rotatable bonds is 7. The van der Waals surface area contributed by atoms with E-state index in [1.165, 1.54) is 11.8 Å². The second-order valence-corrected chi connectivity index (χ2v) is 7.95. The first-order chi connectivity index (χ1) is 15.1. The zero-order valence-corrected chi connectivity index (χ0v) is 17.4. The molecule has 0 aliphatic carbocycles. The molecule has 31 heavy (non-hydrogen) atoms. The molecule has 2 atom stereocenters. The number of hydrogen-bond acceptors (Lipinski definition) is 7. The second-order valence-electron chi connectivity index (χ2n) is 7.95. The molecule has 8 nitrogen and oxygen atoms in total. The lowest BCUT2D eigenvalue weighted by molar-refractivity contribution is 0.0342. The number of halogens is 1. The summed E-state index contributed by atoms with van der Waals surface area (Å²) < 4.78 is 19.6. The molecule has 1 aromatic carbocycles. The molecule has 5 N–H and O–H groups in total. The predicted octanol–water partition coefficient (Wildman–Crippen LogP) is 1.87. The van der Waals surface area contributed by atoms with Crippen molar-refractivity contribution in [2.75, 3.05) is 50.0 Å². The highest BCUT2D eigenvalue weighted by molar-refractivity contribution is 5.98. The standard InChI is InChI=1S/C22H29FN6O2/c23-18-13-25-6-5-19(18)28-20-11-21(26-12-17(20)22(24)30)27-16-3-1-15(2-4-16)14-29-7-9-31-10-8-29/h1-4,11-12,18-19,25H,5-10,13-14H2,(H2,24,30)(H2,26,27,28)/t18-,19+/m0/s1. The molecule has 0 saturated carbocycles. The Morgan fingerprint density at radius 3 is 2.77 bits per heavy atom. The Bertz CT molecular complexity index is 888. The van der Waals surface area contributed by atoms with Crippen LogP contribution in [0, 0.1) is 0 Å². The van der Waals surface area contributed by atoms with Crippen molar-refractivity contribution < 1.29 is 13.9 Å². The van der Waals surface area contributed by atoms with Crippen LogP contribution in [0.25, 0.3) is 0 Å². The number of amides is 1. The number of carbonyl (C=O) groups is 1. The van der Waals surface area contributed by atoms with Gasteiger partial charge >= 0.3 is 0 Å². The summed E-state index contributed by atoms with van der Waals surface area (Å²) >= 11 is 0. The highest BCUT2D eigenvalue weighted by Gasteiger charge is 2.25. The number of nitrogens with zero attached hydrogens (tertiary/aromatic N) is 2. The van der Waals surface area contributed by atoms with E-state index in [1.807, 2.05) is 12.1 Å². The lowest BCUT2D eigenvalue weighted by Crippen LogP contribution is -2.45. The van der Waals surface area contributed by atoms with Crippen LogP contribution in [-0.4, -0.2) is 67.4 Å². The number of aromatic nitrogens is 1. The van der Waals surface area contributed by atoms with Gasteiger partial charge in [-0.25, -0.2) is 9.37 Å². The Hall–Kier alpha value is -2.75. The van der Waals surface area contributed by atoms with E-state index in [-0.39, 0.29) is 18.2 Å². The quantitative estimate of drug-likeness (QED) is 0.534. The van der Waals surface area contributed by atoms with E-state index < -0.39 is 12.1 Å². The molecule has 4 rings (SSSR count). The number of piperidine rings is 1. The van der Waals surface area contributed by atoms with Crippen LogP contribution in [0.5, 0.6) is 0 Å². The molecule has 2 fully saturated rings. The number of nitrogens with two attached hydrogens (primary N) is 1. The number of anilines is 3. The molecular formula is C22H29FN6O2. The summed E-state index contributed by atoms with van der Waals surface area (Å²) in [5.74, 6) is -0.0452. The fourth-order valence-corrected chi connectivity index (χ4v) is 3.88. The first-order valence-corrected chi connectivity index (χ1v) is 10.7. The van der Waals surface area contributed by atoms with Crippen molar-refractivity contribution in [3.05, 3.63) is 47.7 Å². The van der Waals surface area contributed by atoms with E-state index in [2.05, 4.69) is 38.0 Å². The number of morpholine rings is 1. The van der Waals surface area contributed by atoms with Crippen LogP contribution in [0.3, 0.4) is 0 Å². The number of alkyl halides is 1. The molecule has 9 heteroatoms. The van der Waals surface area contributed by atoms with Gasteiger partial charge in [0, 0.05) is 44.1 Å². The van der Waals surface area contributed by atoms with Crippen LogP contribution in [0.2, 0.25) is 0 Å². The maximum Gasteiger partial charge on any atom is 0.252 e. The lowest BCUT2D eigenvalue weighted by Gasteiger charge is -2.29. The molecule has 2 saturated heterocycles. The summed E-state index contributed by atoms with van der Waals surface area (Å²) in [7, 11) is 0. The highest BCUT2D eigenvalue weighted by atomic mass is 19.1. The Kier molecular flexibility index (Phi) is 6.96. The van der Waals surface area contributed by atoms with E-state index >= 15 is 0 Å². The minimum absolute atomic E-state index is 0.247. The minimum atomic E-state index is -1.04. The maximum absolute atomic E-state index is 14.2. The fourth-order valence-electron chi connectivity index (χ4n) is 3.88. The van der Waals surface area contributed by atoms with Crippen molar-refractivity contribution in [3.63, 3.8) is 0 Å². The van der Waals surface area contributed by atoms with Crippen LogP contribution in [0.1, 0.15) is 22.3 Å². The van der Waals surface area contributed by atoms with E-state index in [1.54, 1.807) is 6.07 Å². The third-order valence-corrected chi connectivity index (χ3v) is 5.65. The van der Waals surface area contributed by atoms with Crippen molar-refractivity contribution in [2.24, 2.45) is 5.73 Å². The van der Waals surface area contributed by atoms with Crippen molar-refractivity contribution in [3.8, 4) is 0 Å². The van der Waals surface area contributed by atoms with Gasteiger partial charge in [-0.1, -0.05) is 12.1 Å². The summed E-state index contributed by atoms with van der Waals surface area (Å²) in [6, 6.07) is 9.48. The number of ether oxygens (including phenoxy) is 1. The third kappa shape index (κ3) is 5.69. The van der Waals surface area contributed by atoms with Gasteiger partial charge in [-0.15, -0.1) is 0 Å². The van der Waals surface area contributed by atoms with E-state index in [0.717, 1.165) is 45.1 Å². The minimum Gasteiger partial charge on any atom is -0.379 e. The molecule has 3 heterocycles. The van der Waals surface area contributed by atoms with Crippen molar-refractivity contribution in [2.45, 2.75) is 25.2 Å². The summed E-state index contributed by atoms with van der Waals surface area (Å²) in [5.41, 5.74) is 8.33. The molecule has 0 bridgehead atoms. The molecule has 1 amide bonds.